The number of hydrogen-bond donors (Lipinski definition) is 2. The molecule has 58 valence electrons. The summed E-state index contributed by atoms with van der Waals surface area (Å²) in [7, 11) is 0. The van der Waals surface area contributed by atoms with Gasteiger partial charge >= 0.3 is 0 Å². The highest BCUT2D eigenvalue weighted by Crippen LogP contribution is 2.14. The largest absolute Gasteiger partial charge is 0.397 e. The third-order valence-electron chi connectivity index (χ3n) is 1.31. The van der Waals surface area contributed by atoms with Crippen LogP contribution in [0, 0.1) is 12.3 Å². The van der Waals surface area contributed by atoms with Gasteiger partial charge in [-0.1, -0.05) is 0 Å². The van der Waals surface area contributed by atoms with Crippen LogP contribution in [0.4, 0.5) is 5.69 Å². The minimum atomic E-state index is 0.450. The van der Waals surface area contributed by atoms with Gasteiger partial charge in [-0.05, 0) is 35.6 Å². The van der Waals surface area contributed by atoms with Gasteiger partial charge in [-0.15, -0.1) is 0 Å². The first-order valence-corrected chi connectivity index (χ1v) is 4.15. The molecule has 0 spiro atoms. The molecule has 0 saturated carbocycles. The van der Waals surface area contributed by atoms with Gasteiger partial charge in [0, 0.05) is 11.3 Å². The van der Waals surface area contributed by atoms with Crippen molar-refractivity contribution >= 4 is 32.0 Å². The minimum Gasteiger partial charge on any atom is -0.397 e. The summed E-state index contributed by atoms with van der Waals surface area (Å²) in [6, 6.07) is 1.81. The molecule has 3 nitrogen and oxygen atoms in total. The molecule has 1 aromatic rings. The van der Waals surface area contributed by atoms with Crippen molar-refractivity contribution in [3.05, 3.63) is 23.5 Å². The lowest BCUT2D eigenvalue weighted by Crippen LogP contribution is -1.98. The summed E-state index contributed by atoms with van der Waals surface area (Å²) in [5.41, 5.74) is 7.79. The predicted octanol–water partition coefficient (Wildman–Crippen LogP) is 1.73. The highest BCUT2D eigenvalue weighted by atomic mass is 127. The van der Waals surface area contributed by atoms with Crippen molar-refractivity contribution in [2.45, 2.75) is 6.92 Å². The molecule has 0 radical (unpaired) electrons. The molecule has 3 N–H and O–H groups in total. The molecular weight excluding hydrogens is 253 g/mol. The fraction of sp³-hybridized carbons (Fsp3) is 0.143. The summed E-state index contributed by atoms with van der Waals surface area (Å²) in [6.45, 7) is 1.88. The molecule has 1 heterocycles. The molecule has 0 saturated heterocycles. The Bertz CT molecular complexity index is 296. The molecule has 0 aliphatic carbocycles. The minimum absolute atomic E-state index is 0.450. The zero-order chi connectivity index (χ0) is 8.43. The van der Waals surface area contributed by atoms with Crippen molar-refractivity contribution in [2.75, 3.05) is 5.73 Å². The maximum atomic E-state index is 7.35. The summed E-state index contributed by atoms with van der Waals surface area (Å²) in [5.74, 6) is 0. The van der Waals surface area contributed by atoms with Crippen LogP contribution in [-0.4, -0.2) is 8.70 Å². The van der Waals surface area contributed by atoms with Crippen molar-refractivity contribution in [2.24, 2.45) is 0 Å². The number of nitrogens with one attached hydrogen (secondary N) is 1. The maximum absolute atomic E-state index is 7.35. The lowest BCUT2D eigenvalue weighted by molar-refractivity contribution is 1.20. The van der Waals surface area contributed by atoms with E-state index in [2.05, 4.69) is 4.98 Å². The van der Waals surface area contributed by atoms with E-state index in [1.165, 1.54) is 0 Å². The first kappa shape index (κ1) is 8.45. The fourth-order valence-corrected chi connectivity index (χ4v) is 1.23. The van der Waals surface area contributed by atoms with Crippen LogP contribution in [0.5, 0.6) is 0 Å². The number of halogens is 1. The van der Waals surface area contributed by atoms with Gasteiger partial charge in [0.1, 0.15) is 3.72 Å². The lowest BCUT2D eigenvalue weighted by Gasteiger charge is -2.01. The van der Waals surface area contributed by atoms with Crippen LogP contribution in [-0.2, 0) is 0 Å². The molecule has 4 heteroatoms. The van der Waals surface area contributed by atoms with Crippen LogP contribution in [0.25, 0.3) is 0 Å². The number of hydrogen-bond acceptors (Lipinski definition) is 3. The standard InChI is InChI=1S/C7H8IN3/c1-4-2-5(7(8)10)6(9)3-11-4/h2-3,10H,9H2,1H3. The van der Waals surface area contributed by atoms with Crippen molar-refractivity contribution in [1.29, 1.82) is 5.41 Å². The smallest absolute Gasteiger partial charge is 0.101 e. The quantitative estimate of drug-likeness (QED) is 0.597. The normalized spacial score (nSPS) is 9.64. The third-order valence-corrected chi connectivity index (χ3v) is 1.89. The molecule has 0 bridgehead atoms. The Morgan fingerprint density at radius 3 is 2.82 bits per heavy atom. The zero-order valence-electron chi connectivity index (χ0n) is 6.06. The van der Waals surface area contributed by atoms with Gasteiger partial charge in [-0.2, -0.15) is 0 Å². The number of rotatable bonds is 1. The van der Waals surface area contributed by atoms with Crippen molar-refractivity contribution in [3.8, 4) is 0 Å². The molecule has 0 unspecified atom stereocenters. The van der Waals surface area contributed by atoms with Gasteiger partial charge in [0.2, 0.25) is 0 Å². The molecule has 0 fully saturated rings. The Morgan fingerprint density at radius 1 is 1.73 bits per heavy atom. The van der Waals surface area contributed by atoms with E-state index in [-0.39, 0.29) is 0 Å². The van der Waals surface area contributed by atoms with Gasteiger partial charge in [-0.25, -0.2) is 0 Å². The Labute approximate surface area is 78.7 Å². The number of aromatic nitrogens is 1. The SMILES string of the molecule is Cc1cc(C(=N)I)c(N)cn1. The van der Waals surface area contributed by atoms with Crippen LogP contribution in [0.1, 0.15) is 11.3 Å². The first-order valence-electron chi connectivity index (χ1n) is 3.08. The second-order valence-electron chi connectivity index (χ2n) is 2.23. The van der Waals surface area contributed by atoms with Crippen molar-refractivity contribution in [3.63, 3.8) is 0 Å². The summed E-state index contributed by atoms with van der Waals surface area (Å²) in [5, 5.41) is 7.35. The molecule has 11 heavy (non-hydrogen) atoms. The van der Waals surface area contributed by atoms with Crippen LogP contribution in [0.2, 0.25) is 0 Å². The summed E-state index contributed by atoms with van der Waals surface area (Å²) in [4.78, 5) is 4.00. The molecular formula is C7H8IN3. The van der Waals surface area contributed by atoms with Crippen LogP contribution < -0.4 is 5.73 Å². The summed E-state index contributed by atoms with van der Waals surface area (Å²) < 4.78 is 0.450. The number of pyridine rings is 1. The molecule has 1 rings (SSSR count). The number of aryl methyl sites for hydroxylation is 1. The molecule has 0 aromatic carbocycles. The van der Waals surface area contributed by atoms with E-state index < -0.39 is 0 Å². The average Bonchev–Trinajstić information content (AvgIpc) is 1.94. The Kier molecular flexibility index (Phi) is 2.43. The lowest BCUT2D eigenvalue weighted by atomic mass is 10.2. The molecule has 0 amide bonds. The van der Waals surface area contributed by atoms with Crippen LogP contribution in [0.15, 0.2) is 12.3 Å². The van der Waals surface area contributed by atoms with E-state index in [1.807, 2.05) is 35.6 Å². The van der Waals surface area contributed by atoms with E-state index in [9.17, 15) is 0 Å². The van der Waals surface area contributed by atoms with E-state index in [0.29, 0.717) is 9.41 Å². The highest BCUT2D eigenvalue weighted by Gasteiger charge is 2.02. The monoisotopic (exact) mass is 261 g/mol. The number of nitrogens with zero attached hydrogens (tertiary/aromatic N) is 1. The van der Waals surface area contributed by atoms with Crippen LogP contribution in [0.3, 0.4) is 0 Å². The van der Waals surface area contributed by atoms with Gasteiger partial charge in [-0.3, -0.25) is 10.4 Å². The fourth-order valence-electron chi connectivity index (χ4n) is 0.760. The second kappa shape index (κ2) is 3.17. The topological polar surface area (TPSA) is 62.8 Å². The molecule has 0 aliphatic heterocycles. The van der Waals surface area contributed by atoms with Gasteiger partial charge in [0.05, 0.1) is 11.9 Å². The maximum Gasteiger partial charge on any atom is 0.101 e. The molecule has 0 aliphatic rings. The average molecular weight is 261 g/mol. The molecule has 1 aromatic heterocycles. The van der Waals surface area contributed by atoms with E-state index in [0.717, 1.165) is 11.3 Å². The third kappa shape index (κ3) is 1.89. The number of anilines is 1. The van der Waals surface area contributed by atoms with Gasteiger partial charge in [0.15, 0.2) is 0 Å². The Hall–Kier alpha value is -0.650. The van der Waals surface area contributed by atoms with E-state index in [1.54, 1.807) is 6.20 Å². The second-order valence-corrected chi connectivity index (χ2v) is 3.31. The van der Waals surface area contributed by atoms with E-state index >= 15 is 0 Å². The Morgan fingerprint density at radius 2 is 2.36 bits per heavy atom. The van der Waals surface area contributed by atoms with Gasteiger partial charge < -0.3 is 5.73 Å². The molecule has 0 atom stereocenters. The zero-order valence-corrected chi connectivity index (χ0v) is 8.21. The first-order chi connectivity index (χ1) is 5.11. The highest BCUT2D eigenvalue weighted by molar-refractivity contribution is 14.1. The summed E-state index contributed by atoms with van der Waals surface area (Å²) in [6.07, 6.45) is 1.58. The van der Waals surface area contributed by atoms with E-state index in [4.69, 9.17) is 11.1 Å². The van der Waals surface area contributed by atoms with Crippen LogP contribution >= 0.6 is 22.6 Å². The Balaban J connectivity index is 3.23. The number of nitrogen functional groups attached to an aromatic ring is 1. The predicted molar refractivity (Wildman–Crippen MR) is 54.2 cm³/mol. The van der Waals surface area contributed by atoms with Crippen molar-refractivity contribution < 1.29 is 0 Å². The van der Waals surface area contributed by atoms with Crippen molar-refractivity contribution in [1.82, 2.24) is 4.98 Å². The summed E-state index contributed by atoms with van der Waals surface area (Å²) >= 11 is 1.93. The number of nitrogens with two attached hydrogens (primary N) is 1. The van der Waals surface area contributed by atoms with Gasteiger partial charge in [0.25, 0.3) is 0 Å².